The zero-order valence-electron chi connectivity index (χ0n) is 16.5. The van der Waals surface area contributed by atoms with Crippen LogP contribution in [-0.4, -0.2) is 46.6 Å². The predicted octanol–water partition coefficient (Wildman–Crippen LogP) is 3.96. The van der Waals surface area contributed by atoms with E-state index in [0.717, 1.165) is 5.69 Å². The van der Waals surface area contributed by atoms with Crippen LogP contribution in [0.1, 0.15) is 43.3 Å². The van der Waals surface area contributed by atoms with Gasteiger partial charge in [0.1, 0.15) is 12.1 Å². The van der Waals surface area contributed by atoms with Crippen LogP contribution in [0.5, 0.6) is 0 Å². The minimum Gasteiger partial charge on any atom is -0.467 e. The highest BCUT2D eigenvalue weighted by Gasteiger charge is 2.37. The second-order valence-electron chi connectivity index (χ2n) is 7.09. The summed E-state index contributed by atoms with van der Waals surface area (Å²) < 4.78 is 4.89. The Kier molecular flexibility index (Phi) is 6.70. The van der Waals surface area contributed by atoms with Gasteiger partial charge in [-0.1, -0.05) is 55.6 Å². The summed E-state index contributed by atoms with van der Waals surface area (Å²) in [5.41, 5.74) is 2.34. The highest BCUT2D eigenvalue weighted by molar-refractivity contribution is 6.42. The number of hydrogen-bond donors (Lipinski definition) is 2. The smallest absolute Gasteiger partial charge is 0.328 e. The Balaban J connectivity index is 1.97. The van der Waals surface area contributed by atoms with Crippen LogP contribution in [0, 0.1) is 5.92 Å². The molecule has 3 atom stereocenters. The highest BCUT2D eigenvalue weighted by atomic mass is 35.5. The topological polar surface area (TPSA) is 87.3 Å². The standard InChI is InChI=1S/C20H24Cl2N4O3/c1-4-11(2)16(19(27)29-3)25-20(28)26-9-8-14-17(24-10-23-14)18(26)12-6-5-7-13(21)15(12)22/h5-7,10-11,16,18H,4,8-9H2,1-3H3,(H,23,24)(H,25,28)/t11-,16-,18+/m0/s1. The largest absolute Gasteiger partial charge is 0.467 e. The third-order valence-electron chi connectivity index (χ3n) is 5.41. The molecule has 0 saturated heterocycles. The fraction of sp³-hybridized carbons (Fsp3) is 0.450. The van der Waals surface area contributed by atoms with Gasteiger partial charge in [0.15, 0.2) is 0 Å². The Bertz CT molecular complexity index is 902. The van der Waals surface area contributed by atoms with Gasteiger partial charge in [-0.25, -0.2) is 14.6 Å². The van der Waals surface area contributed by atoms with Crippen LogP contribution >= 0.6 is 23.2 Å². The second-order valence-corrected chi connectivity index (χ2v) is 7.88. The molecule has 1 aliphatic heterocycles. The van der Waals surface area contributed by atoms with Gasteiger partial charge >= 0.3 is 12.0 Å². The van der Waals surface area contributed by atoms with E-state index in [1.807, 2.05) is 19.9 Å². The van der Waals surface area contributed by atoms with E-state index in [2.05, 4.69) is 15.3 Å². The van der Waals surface area contributed by atoms with E-state index in [1.165, 1.54) is 7.11 Å². The second kappa shape index (κ2) is 9.05. The lowest BCUT2D eigenvalue weighted by molar-refractivity contribution is -0.144. The summed E-state index contributed by atoms with van der Waals surface area (Å²) in [4.78, 5) is 34.7. The summed E-state index contributed by atoms with van der Waals surface area (Å²) in [6, 6.07) is 3.67. The summed E-state index contributed by atoms with van der Waals surface area (Å²) in [7, 11) is 1.31. The summed E-state index contributed by atoms with van der Waals surface area (Å²) in [5, 5.41) is 3.62. The number of ether oxygens (including phenoxy) is 1. The summed E-state index contributed by atoms with van der Waals surface area (Å²) in [6.45, 7) is 4.29. The number of H-pyrrole nitrogens is 1. The summed E-state index contributed by atoms with van der Waals surface area (Å²) in [5.74, 6) is -0.548. The Morgan fingerprint density at radius 3 is 2.86 bits per heavy atom. The van der Waals surface area contributed by atoms with E-state index >= 15 is 0 Å². The average molecular weight is 439 g/mol. The normalized spacial score (nSPS) is 18.0. The number of aromatic amines is 1. The van der Waals surface area contributed by atoms with Gasteiger partial charge in [-0.15, -0.1) is 0 Å². The molecule has 0 bridgehead atoms. The quantitative estimate of drug-likeness (QED) is 0.691. The number of nitrogens with one attached hydrogen (secondary N) is 2. The predicted molar refractivity (Wildman–Crippen MR) is 111 cm³/mol. The molecule has 0 fully saturated rings. The maximum absolute atomic E-state index is 13.3. The third-order valence-corrected chi connectivity index (χ3v) is 6.24. The van der Waals surface area contributed by atoms with Crippen LogP contribution in [0.2, 0.25) is 10.0 Å². The van der Waals surface area contributed by atoms with Gasteiger partial charge in [-0.05, 0) is 12.0 Å². The number of carbonyl (C=O) groups is 2. The van der Waals surface area contributed by atoms with Crippen molar-refractivity contribution >= 4 is 35.2 Å². The molecule has 3 rings (SSSR count). The van der Waals surface area contributed by atoms with Gasteiger partial charge in [0.2, 0.25) is 0 Å². The molecule has 29 heavy (non-hydrogen) atoms. The molecular weight excluding hydrogens is 415 g/mol. The van der Waals surface area contributed by atoms with Crippen molar-refractivity contribution in [2.45, 2.75) is 38.8 Å². The zero-order valence-corrected chi connectivity index (χ0v) is 18.0. The van der Waals surface area contributed by atoms with Gasteiger partial charge in [-0.3, -0.25) is 0 Å². The van der Waals surface area contributed by atoms with E-state index in [-0.39, 0.29) is 11.9 Å². The van der Waals surface area contributed by atoms with E-state index in [0.29, 0.717) is 40.7 Å². The van der Waals surface area contributed by atoms with Crippen molar-refractivity contribution in [3.05, 3.63) is 51.5 Å². The van der Waals surface area contributed by atoms with Gasteiger partial charge in [0, 0.05) is 24.2 Å². The SMILES string of the molecule is CC[C@H](C)[C@H](NC(=O)N1CCc2[nH]cnc2[C@H]1c1cccc(Cl)c1Cl)C(=O)OC. The van der Waals surface area contributed by atoms with E-state index in [9.17, 15) is 9.59 Å². The molecule has 2 heterocycles. The van der Waals surface area contributed by atoms with Crippen molar-refractivity contribution in [2.75, 3.05) is 13.7 Å². The number of aromatic nitrogens is 2. The third kappa shape index (κ3) is 4.21. The van der Waals surface area contributed by atoms with Crippen LogP contribution in [0.3, 0.4) is 0 Å². The molecule has 0 unspecified atom stereocenters. The monoisotopic (exact) mass is 438 g/mol. The molecule has 9 heteroatoms. The first-order valence-electron chi connectivity index (χ1n) is 9.50. The number of halogens is 2. The average Bonchev–Trinajstić information content (AvgIpc) is 3.21. The van der Waals surface area contributed by atoms with Crippen molar-refractivity contribution < 1.29 is 14.3 Å². The number of benzene rings is 1. The van der Waals surface area contributed by atoms with Gasteiger partial charge in [0.25, 0.3) is 0 Å². The lowest BCUT2D eigenvalue weighted by atomic mass is 9.95. The number of carbonyl (C=O) groups excluding carboxylic acids is 2. The van der Waals surface area contributed by atoms with E-state index < -0.39 is 18.1 Å². The van der Waals surface area contributed by atoms with Crippen LogP contribution in [0.15, 0.2) is 24.5 Å². The lowest BCUT2D eigenvalue weighted by Crippen LogP contribution is -2.53. The van der Waals surface area contributed by atoms with E-state index in [4.69, 9.17) is 27.9 Å². The van der Waals surface area contributed by atoms with Crippen LogP contribution in [0.25, 0.3) is 0 Å². The first kappa shape index (κ1) is 21.5. The highest BCUT2D eigenvalue weighted by Crippen LogP contribution is 2.39. The number of nitrogens with zero attached hydrogens (tertiary/aromatic N) is 2. The van der Waals surface area contributed by atoms with Gasteiger partial charge in [-0.2, -0.15) is 0 Å². The molecule has 2 aromatic rings. The minimum atomic E-state index is -0.742. The maximum atomic E-state index is 13.3. The molecule has 0 saturated carbocycles. The molecule has 156 valence electrons. The Labute approximate surface area is 179 Å². The number of amides is 2. The Morgan fingerprint density at radius 1 is 1.41 bits per heavy atom. The number of hydrogen-bond acceptors (Lipinski definition) is 4. The Morgan fingerprint density at radius 2 is 2.17 bits per heavy atom. The van der Waals surface area contributed by atoms with Crippen LogP contribution in [0.4, 0.5) is 4.79 Å². The number of esters is 1. The molecule has 0 aliphatic carbocycles. The zero-order chi connectivity index (χ0) is 21.1. The summed E-state index contributed by atoms with van der Waals surface area (Å²) in [6.07, 6.45) is 2.94. The molecule has 7 nitrogen and oxygen atoms in total. The van der Waals surface area contributed by atoms with Crippen molar-refractivity contribution in [1.82, 2.24) is 20.2 Å². The lowest BCUT2D eigenvalue weighted by Gasteiger charge is -2.37. The van der Waals surface area contributed by atoms with E-state index in [1.54, 1.807) is 23.4 Å². The number of fused-ring (bicyclic) bond motifs is 1. The van der Waals surface area contributed by atoms with Crippen LogP contribution in [-0.2, 0) is 16.0 Å². The molecule has 1 aromatic heterocycles. The maximum Gasteiger partial charge on any atom is 0.328 e. The first-order valence-corrected chi connectivity index (χ1v) is 10.3. The Hall–Kier alpha value is -2.25. The van der Waals surface area contributed by atoms with Crippen molar-refractivity contribution in [3.8, 4) is 0 Å². The van der Waals surface area contributed by atoms with Crippen molar-refractivity contribution in [3.63, 3.8) is 0 Å². The molecule has 2 N–H and O–H groups in total. The first-order chi connectivity index (χ1) is 13.9. The fourth-order valence-electron chi connectivity index (χ4n) is 3.55. The molecule has 0 spiro atoms. The molecule has 1 aliphatic rings. The van der Waals surface area contributed by atoms with Crippen molar-refractivity contribution in [2.24, 2.45) is 5.92 Å². The number of imidazole rings is 1. The van der Waals surface area contributed by atoms with Gasteiger partial charge in [0.05, 0.1) is 29.2 Å². The fourth-order valence-corrected chi connectivity index (χ4v) is 3.97. The number of methoxy groups -OCH3 is 1. The minimum absolute atomic E-state index is 0.0784. The van der Waals surface area contributed by atoms with Gasteiger partial charge < -0.3 is 19.9 Å². The van der Waals surface area contributed by atoms with Crippen molar-refractivity contribution in [1.29, 1.82) is 0 Å². The molecule has 0 radical (unpaired) electrons. The molecule has 2 amide bonds. The molecular formula is C20H24Cl2N4O3. The molecule has 1 aromatic carbocycles. The summed E-state index contributed by atoms with van der Waals surface area (Å²) >= 11 is 12.7. The number of rotatable bonds is 5. The van der Waals surface area contributed by atoms with Crippen LogP contribution < -0.4 is 5.32 Å². The number of urea groups is 1.